The van der Waals surface area contributed by atoms with E-state index in [4.69, 9.17) is 9.47 Å². The molecular formula is C18H26O6. The van der Waals surface area contributed by atoms with E-state index >= 15 is 0 Å². The first-order valence-electron chi connectivity index (χ1n) is 8.83. The second-order valence-corrected chi connectivity index (χ2v) is 7.60. The van der Waals surface area contributed by atoms with Gasteiger partial charge < -0.3 is 14.2 Å². The topological polar surface area (TPSA) is 78.9 Å². The lowest BCUT2D eigenvalue weighted by Gasteiger charge is -2.32. The summed E-state index contributed by atoms with van der Waals surface area (Å²) in [5.74, 6) is 2.18. The zero-order valence-corrected chi connectivity index (χ0v) is 14.4. The van der Waals surface area contributed by atoms with Crippen molar-refractivity contribution >= 4 is 18.2 Å². The summed E-state index contributed by atoms with van der Waals surface area (Å²) >= 11 is 0. The van der Waals surface area contributed by atoms with Gasteiger partial charge in [0.05, 0.1) is 13.7 Å². The van der Waals surface area contributed by atoms with E-state index in [9.17, 15) is 14.4 Å². The number of ether oxygens (including phenoxy) is 3. The van der Waals surface area contributed by atoms with Crippen LogP contribution in [0.15, 0.2) is 0 Å². The average Bonchev–Trinajstić information content (AvgIpc) is 3.29. The molecule has 0 aromatic rings. The van der Waals surface area contributed by atoms with E-state index < -0.39 is 24.1 Å². The lowest BCUT2D eigenvalue weighted by Crippen LogP contribution is -2.44. The number of hydrogen-bond acceptors (Lipinski definition) is 6. The smallest absolute Gasteiger partial charge is 0.345 e. The first-order chi connectivity index (χ1) is 11.5. The molecule has 0 aromatic heterocycles. The molecule has 3 saturated carbocycles. The second kappa shape index (κ2) is 6.82. The first kappa shape index (κ1) is 17.4. The van der Waals surface area contributed by atoms with E-state index in [0.717, 1.165) is 24.2 Å². The Balaban J connectivity index is 1.51. The Morgan fingerprint density at radius 3 is 2.62 bits per heavy atom. The van der Waals surface area contributed by atoms with Gasteiger partial charge >= 0.3 is 11.9 Å². The van der Waals surface area contributed by atoms with Crippen molar-refractivity contribution in [3.05, 3.63) is 0 Å². The summed E-state index contributed by atoms with van der Waals surface area (Å²) < 4.78 is 15.0. The highest BCUT2D eigenvalue weighted by atomic mass is 16.6. The van der Waals surface area contributed by atoms with Gasteiger partial charge in [-0.2, -0.15) is 0 Å². The molecule has 0 spiro atoms. The third kappa shape index (κ3) is 3.08. The van der Waals surface area contributed by atoms with E-state index in [1.807, 2.05) is 0 Å². The lowest BCUT2D eigenvalue weighted by atomic mass is 9.76. The molecule has 6 nitrogen and oxygen atoms in total. The number of rotatable bonds is 7. The number of carbonyl (C=O) groups is 3. The van der Waals surface area contributed by atoms with Crippen LogP contribution in [0.2, 0.25) is 0 Å². The predicted molar refractivity (Wildman–Crippen MR) is 83.9 cm³/mol. The minimum absolute atomic E-state index is 0.342. The van der Waals surface area contributed by atoms with Gasteiger partial charge in [-0.05, 0) is 62.2 Å². The normalized spacial score (nSPS) is 36.0. The largest absolute Gasteiger partial charge is 0.467 e. The molecule has 2 bridgehead atoms. The summed E-state index contributed by atoms with van der Waals surface area (Å²) in [7, 11) is 1.22. The quantitative estimate of drug-likeness (QED) is 0.400. The maximum Gasteiger partial charge on any atom is 0.345 e. The highest BCUT2D eigenvalue weighted by Gasteiger charge is 2.54. The molecule has 3 aliphatic rings. The van der Waals surface area contributed by atoms with Crippen molar-refractivity contribution in [3.63, 3.8) is 0 Å². The van der Waals surface area contributed by atoms with Crippen molar-refractivity contribution in [3.8, 4) is 0 Å². The van der Waals surface area contributed by atoms with Crippen LogP contribution in [-0.2, 0) is 28.6 Å². The van der Waals surface area contributed by atoms with Crippen LogP contribution in [0.5, 0.6) is 0 Å². The Hall–Kier alpha value is -1.43. The third-order valence-corrected chi connectivity index (χ3v) is 6.34. The number of carbonyl (C=O) groups excluding carboxylic acids is 3. The molecule has 3 aliphatic carbocycles. The molecule has 0 saturated heterocycles. The monoisotopic (exact) mass is 338 g/mol. The fraction of sp³-hybridized carbons (Fsp3) is 0.833. The molecule has 0 N–H and O–H groups in total. The first-order valence-corrected chi connectivity index (χ1v) is 8.83. The minimum atomic E-state index is -1.76. The van der Waals surface area contributed by atoms with Crippen LogP contribution in [0.3, 0.4) is 0 Å². The summed E-state index contributed by atoms with van der Waals surface area (Å²) in [5.41, 5.74) is -1.76. The molecule has 3 rings (SSSR count). The molecule has 6 heteroatoms. The third-order valence-electron chi connectivity index (χ3n) is 6.34. The summed E-state index contributed by atoms with van der Waals surface area (Å²) in [6, 6.07) is 0. The van der Waals surface area contributed by atoms with E-state index in [1.165, 1.54) is 39.7 Å². The molecule has 0 amide bonds. The molecule has 24 heavy (non-hydrogen) atoms. The maximum absolute atomic E-state index is 12.3. The van der Waals surface area contributed by atoms with Gasteiger partial charge in [-0.25, -0.2) is 9.59 Å². The van der Waals surface area contributed by atoms with Gasteiger partial charge in [0.15, 0.2) is 6.29 Å². The van der Waals surface area contributed by atoms with Crippen molar-refractivity contribution < 1.29 is 28.6 Å². The Kier molecular flexibility index (Phi) is 4.95. The number of methoxy groups -OCH3 is 1. The highest BCUT2D eigenvalue weighted by molar-refractivity contribution is 5.96. The van der Waals surface area contributed by atoms with Crippen molar-refractivity contribution in [1.82, 2.24) is 0 Å². The van der Waals surface area contributed by atoms with Crippen molar-refractivity contribution in [2.75, 3.05) is 20.3 Å². The number of aldehydes is 1. The molecule has 0 radical (unpaired) electrons. The number of hydrogen-bond donors (Lipinski definition) is 0. The number of esters is 2. The molecule has 6 atom stereocenters. The van der Waals surface area contributed by atoms with E-state index in [-0.39, 0.29) is 0 Å². The van der Waals surface area contributed by atoms with Gasteiger partial charge in [0.25, 0.3) is 0 Å². The van der Waals surface area contributed by atoms with Crippen LogP contribution in [-0.4, -0.2) is 44.1 Å². The van der Waals surface area contributed by atoms with Crippen LogP contribution >= 0.6 is 0 Å². The van der Waals surface area contributed by atoms with Crippen LogP contribution in [0.4, 0.5) is 0 Å². The van der Waals surface area contributed by atoms with Gasteiger partial charge in [0.2, 0.25) is 5.60 Å². The van der Waals surface area contributed by atoms with Crippen molar-refractivity contribution in [2.24, 2.45) is 29.6 Å². The molecule has 0 heterocycles. The minimum Gasteiger partial charge on any atom is -0.467 e. The zero-order valence-electron chi connectivity index (χ0n) is 14.4. The summed E-state index contributed by atoms with van der Waals surface area (Å²) in [5, 5.41) is 0. The highest BCUT2D eigenvalue weighted by Crippen LogP contribution is 2.60. The molecule has 134 valence electrons. The van der Waals surface area contributed by atoms with Gasteiger partial charge in [-0.15, -0.1) is 0 Å². The standard InChI is InChI=1S/C18H26O6/c1-18(10-19,24-9-16(20)22-2)17(21)23-8-12-6-11-7-15(12)14-5-3-4-13(11)14/h10-15H,3-9H2,1-2H3. The van der Waals surface area contributed by atoms with Crippen LogP contribution in [0, 0.1) is 29.6 Å². The second-order valence-electron chi connectivity index (χ2n) is 7.60. The number of fused-ring (bicyclic) bond motifs is 5. The molecular weight excluding hydrogens is 312 g/mol. The summed E-state index contributed by atoms with van der Waals surface area (Å²) in [6.07, 6.45) is 6.78. The van der Waals surface area contributed by atoms with Crippen LogP contribution in [0.1, 0.15) is 39.0 Å². The van der Waals surface area contributed by atoms with Crippen LogP contribution < -0.4 is 0 Å². The zero-order chi connectivity index (χ0) is 17.3. The fourth-order valence-electron chi connectivity index (χ4n) is 5.14. The molecule has 6 unspecified atom stereocenters. The average molecular weight is 338 g/mol. The Labute approximate surface area is 142 Å². The summed E-state index contributed by atoms with van der Waals surface area (Å²) in [4.78, 5) is 34.7. The Bertz CT molecular complexity index is 518. The van der Waals surface area contributed by atoms with Crippen molar-refractivity contribution in [1.29, 1.82) is 0 Å². The van der Waals surface area contributed by atoms with Gasteiger partial charge in [-0.3, -0.25) is 4.79 Å². The van der Waals surface area contributed by atoms with Gasteiger partial charge in [0.1, 0.15) is 6.61 Å². The molecule has 3 fully saturated rings. The Morgan fingerprint density at radius 1 is 1.17 bits per heavy atom. The molecule has 0 aliphatic heterocycles. The van der Waals surface area contributed by atoms with E-state index in [0.29, 0.717) is 24.7 Å². The van der Waals surface area contributed by atoms with Crippen LogP contribution in [0.25, 0.3) is 0 Å². The van der Waals surface area contributed by atoms with Gasteiger partial charge in [-0.1, -0.05) is 6.42 Å². The summed E-state index contributed by atoms with van der Waals surface area (Å²) in [6.45, 7) is 1.20. The lowest BCUT2D eigenvalue weighted by molar-refractivity contribution is -0.176. The Morgan fingerprint density at radius 2 is 1.92 bits per heavy atom. The van der Waals surface area contributed by atoms with Gasteiger partial charge in [0, 0.05) is 0 Å². The van der Waals surface area contributed by atoms with Crippen molar-refractivity contribution in [2.45, 2.75) is 44.6 Å². The molecule has 0 aromatic carbocycles. The SMILES string of the molecule is COC(=O)COC(C)(C=O)C(=O)OCC1CC2CC1C1CCCC21. The maximum atomic E-state index is 12.3. The van der Waals surface area contributed by atoms with E-state index in [2.05, 4.69) is 4.74 Å². The predicted octanol–water partition coefficient (Wildman–Crippen LogP) is 1.75. The van der Waals surface area contributed by atoms with E-state index in [1.54, 1.807) is 0 Å². The fourth-order valence-corrected chi connectivity index (χ4v) is 5.14.